The first-order valence-corrected chi connectivity index (χ1v) is 8.30. The molecule has 0 spiro atoms. The first-order chi connectivity index (χ1) is 12.1. The lowest BCUT2D eigenvalue weighted by molar-refractivity contribution is -0.114. The summed E-state index contributed by atoms with van der Waals surface area (Å²) in [5.41, 5.74) is 2.41. The van der Waals surface area contributed by atoms with E-state index in [1.165, 1.54) is 18.3 Å². The quantitative estimate of drug-likeness (QED) is 0.652. The Hall–Kier alpha value is -3.26. The van der Waals surface area contributed by atoms with Crippen molar-refractivity contribution in [3.8, 4) is 0 Å². The minimum atomic E-state index is -0.303. The maximum Gasteiger partial charge on any atom is 0.275 e. The molecule has 2 heterocycles. The van der Waals surface area contributed by atoms with Crippen LogP contribution < -0.4 is 16.0 Å². The van der Waals surface area contributed by atoms with Gasteiger partial charge in [-0.1, -0.05) is 0 Å². The summed E-state index contributed by atoms with van der Waals surface area (Å²) in [6.45, 7) is 1.44. The number of hydrogen-bond acceptors (Lipinski definition) is 6. The topological polar surface area (TPSA) is 96.0 Å². The van der Waals surface area contributed by atoms with Crippen molar-refractivity contribution in [2.75, 3.05) is 16.0 Å². The minimum Gasteiger partial charge on any atom is -0.330 e. The largest absolute Gasteiger partial charge is 0.330 e. The van der Waals surface area contributed by atoms with E-state index in [0.717, 1.165) is 5.69 Å². The maximum atomic E-state index is 12.3. The molecule has 25 heavy (non-hydrogen) atoms. The fourth-order valence-corrected chi connectivity index (χ4v) is 2.74. The molecule has 0 aliphatic heterocycles. The molecule has 0 aliphatic carbocycles. The van der Waals surface area contributed by atoms with E-state index in [1.54, 1.807) is 42.0 Å². The standard InChI is InChI=1S/C17H15N5O2S/c1-11(23)19-12-4-6-13(7-5-12)20-16(24)15-10-25-17(22-15)21-14-3-2-8-18-9-14/h2-10H,1H3,(H,19,23)(H,20,24)(H,21,22). The van der Waals surface area contributed by atoms with Crippen LogP contribution in [0.3, 0.4) is 0 Å². The van der Waals surface area contributed by atoms with Crippen molar-refractivity contribution < 1.29 is 9.59 Å². The van der Waals surface area contributed by atoms with E-state index in [4.69, 9.17) is 0 Å². The first-order valence-electron chi connectivity index (χ1n) is 7.42. The van der Waals surface area contributed by atoms with Gasteiger partial charge in [-0.3, -0.25) is 14.6 Å². The predicted octanol–water partition coefficient (Wildman–Crippen LogP) is 3.49. The van der Waals surface area contributed by atoms with Crippen molar-refractivity contribution in [3.05, 3.63) is 59.9 Å². The fourth-order valence-electron chi connectivity index (χ4n) is 2.03. The zero-order valence-electron chi connectivity index (χ0n) is 13.3. The van der Waals surface area contributed by atoms with Crippen molar-refractivity contribution >= 4 is 45.3 Å². The maximum absolute atomic E-state index is 12.3. The summed E-state index contributed by atoms with van der Waals surface area (Å²) >= 11 is 1.33. The summed E-state index contributed by atoms with van der Waals surface area (Å²) in [5.74, 6) is -0.448. The van der Waals surface area contributed by atoms with E-state index < -0.39 is 0 Å². The summed E-state index contributed by atoms with van der Waals surface area (Å²) < 4.78 is 0. The van der Waals surface area contributed by atoms with Gasteiger partial charge in [-0.25, -0.2) is 4.98 Å². The van der Waals surface area contributed by atoms with Gasteiger partial charge in [-0.15, -0.1) is 11.3 Å². The number of benzene rings is 1. The van der Waals surface area contributed by atoms with Gasteiger partial charge in [-0.2, -0.15) is 0 Å². The predicted molar refractivity (Wildman–Crippen MR) is 98.3 cm³/mol. The smallest absolute Gasteiger partial charge is 0.275 e. The molecule has 0 bridgehead atoms. The van der Waals surface area contributed by atoms with Gasteiger partial charge in [0.15, 0.2) is 5.13 Å². The number of nitrogens with zero attached hydrogens (tertiary/aromatic N) is 2. The fraction of sp³-hybridized carbons (Fsp3) is 0.0588. The molecule has 2 aromatic heterocycles. The third-order valence-electron chi connectivity index (χ3n) is 3.11. The average Bonchev–Trinajstić information content (AvgIpc) is 3.06. The van der Waals surface area contributed by atoms with E-state index in [0.29, 0.717) is 22.2 Å². The van der Waals surface area contributed by atoms with Gasteiger partial charge in [0.25, 0.3) is 5.91 Å². The van der Waals surface area contributed by atoms with Crippen LogP contribution in [0.5, 0.6) is 0 Å². The van der Waals surface area contributed by atoms with Gasteiger partial charge < -0.3 is 16.0 Å². The molecule has 3 N–H and O–H groups in total. The van der Waals surface area contributed by atoms with Crippen LogP contribution >= 0.6 is 11.3 Å². The average molecular weight is 353 g/mol. The highest BCUT2D eigenvalue weighted by atomic mass is 32.1. The number of aromatic nitrogens is 2. The van der Waals surface area contributed by atoms with Crippen molar-refractivity contribution in [3.63, 3.8) is 0 Å². The van der Waals surface area contributed by atoms with Gasteiger partial charge in [0, 0.05) is 29.9 Å². The molecule has 1 aromatic carbocycles. The Morgan fingerprint density at radius 2 is 1.72 bits per heavy atom. The lowest BCUT2D eigenvalue weighted by atomic mass is 10.2. The Morgan fingerprint density at radius 3 is 2.36 bits per heavy atom. The summed E-state index contributed by atoms with van der Waals surface area (Å²) in [7, 11) is 0. The molecule has 3 aromatic rings. The minimum absolute atomic E-state index is 0.145. The Bertz CT molecular complexity index is 878. The van der Waals surface area contributed by atoms with Crippen LogP contribution in [0.25, 0.3) is 0 Å². The summed E-state index contributed by atoms with van der Waals surface area (Å²) in [4.78, 5) is 31.5. The molecule has 0 fully saturated rings. The Labute approximate surface area is 148 Å². The number of hydrogen-bond donors (Lipinski definition) is 3. The molecule has 0 atom stereocenters. The number of carbonyl (C=O) groups excluding carboxylic acids is 2. The summed E-state index contributed by atoms with van der Waals surface area (Å²) in [6, 6.07) is 10.5. The lowest BCUT2D eigenvalue weighted by Gasteiger charge is -2.05. The van der Waals surface area contributed by atoms with E-state index in [2.05, 4.69) is 25.9 Å². The molecule has 2 amide bonds. The van der Waals surface area contributed by atoms with Crippen LogP contribution in [-0.2, 0) is 4.79 Å². The Kier molecular flexibility index (Phi) is 5.00. The van der Waals surface area contributed by atoms with Crippen molar-refractivity contribution in [2.45, 2.75) is 6.92 Å². The lowest BCUT2D eigenvalue weighted by Crippen LogP contribution is -2.12. The normalized spacial score (nSPS) is 10.1. The highest BCUT2D eigenvalue weighted by Gasteiger charge is 2.11. The third kappa shape index (κ3) is 4.61. The van der Waals surface area contributed by atoms with Crippen LogP contribution in [0.15, 0.2) is 54.2 Å². The number of carbonyl (C=O) groups is 2. The number of anilines is 4. The molecule has 0 saturated carbocycles. The van der Waals surface area contributed by atoms with Gasteiger partial charge in [0.1, 0.15) is 5.69 Å². The van der Waals surface area contributed by atoms with Crippen LogP contribution in [0, 0.1) is 0 Å². The second kappa shape index (κ2) is 7.54. The SMILES string of the molecule is CC(=O)Nc1ccc(NC(=O)c2csc(Nc3cccnc3)n2)cc1. The van der Waals surface area contributed by atoms with Gasteiger partial charge in [0.05, 0.1) is 11.9 Å². The number of rotatable bonds is 5. The van der Waals surface area contributed by atoms with Gasteiger partial charge >= 0.3 is 0 Å². The highest BCUT2D eigenvalue weighted by molar-refractivity contribution is 7.14. The van der Waals surface area contributed by atoms with E-state index in [-0.39, 0.29) is 11.8 Å². The number of pyridine rings is 1. The summed E-state index contributed by atoms with van der Waals surface area (Å²) in [6.07, 6.45) is 3.36. The van der Waals surface area contributed by atoms with Gasteiger partial charge in [-0.05, 0) is 36.4 Å². The highest BCUT2D eigenvalue weighted by Crippen LogP contribution is 2.21. The molecule has 0 unspecified atom stereocenters. The van der Waals surface area contributed by atoms with Crippen LogP contribution in [0.1, 0.15) is 17.4 Å². The zero-order valence-corrected chi connectivity index (χ0v) is 14.1. The third-order valence-corrected chi connectivity index (χ3v) is 3.87. The van der Waals surface area contributed by atoms with E-state index in [9.17, 15) is 9.59 Å². The molecule has 0 aliphatic rings. The molecular formula is C17H15N5O2S. The number of thiazole rings is 1. The molecule has 0 saturated heterocycles. The molecule has 126 valence electrons. The molecule has 0 radical (unpaired) electrons. The van der Waals surface area contributed by atoms with Crippen molar-refractivity contribution in [2.24, 2.45) is 0 Å². The second-order valence-electron chi connectivity index (χ2n) is 5.12. The van der Waals surface area contributed by atoms with E-state index in [1.807, 2.05) is 12.1 Å². The molecule has 8 heteroatoms. The number of amides is 2. The molecular weight excluding hydrogens is 338 g/mol. The monoisotopic (exact) mass is 353 g/mol. The van der Waals surface area contributed by atoms with Crippen LogP contribution in [-0.4, -0.2) is 21.8 Å². The molecule has 3 rings (SSSR count). The van der Waals surface area contributed by atoms with Gasteiger partial charge in [0.2, 0.25) is 5.91 Å². The van der Waals surface area contributed by atoms with E-state index >= 15 is 0 Å². The summed E-state index contributed by atoms with van der Waals surface area (Å²) in [5, 5.41) is 10.8. The molecule has 7 nitrogen and oxygen atoms in total. The van der Waals surface area contributed by atoms with Crippen molar-refractivity contribution in [1.82, 2.24) is 9.97 Å². The first kappa shape index (κ1) is 16.6. The van der Waals surface area contributed by atoms with Crippen LogP contribution in [0.4, 0.5) is 22.2 Å². The Balaban J connectivity index is 1.62. The Morgan fingerprint density at radius 1 is 1.00 bits per heavy atom. The van der Waals surface area contributed by atoms with Crippen molar-refractivity contribution in [1.29, 1.82) is 0 Å². The zero-order chi connectivity index (χ0) is 17.6. The second-order valence-corrected chi connectivity index (χ2v) is 5.98. The number of nitrogens with one attached hydrogen (secondary N) is 3. The van der Waals surface area contributed by atoms with Crippen LogP contribution in [0.2, 0.25) is 0 Å².